The molecule has 2 amide bonds. The molecule has 6 rings (SSSR count). The topological polar surface area (TPSA) is 124 Å². The Bertz CT molecular complexity index is 1590. The smallest absolute Gasteiger partial charge is 0.251 e. The predicted octanol–water partition coefficient (Wildman–Crippen LogP) is 5.88. The van der Waals surface area contributed by atoms with Crippen molar-refractivity contribution in [2.45, 2.75) is 105 Å². The van der Waals surface area contributed by atoms with Crippen molar-refractivity contribution in [1.29, 1.82) is 0 Å². The van der Waals surface area contributed by atoms with Gasteiger partial charge in [-0.3, -0.25) is 14.4 Å². The van der Waals surface area contributed by atoms with Gasteiger partial charge in [-0.15, -0.1) is 0 Å². The molecular weight excluding hydrogens is 724 g/mol. The van der Waals surface area contributed by atoms with Crippen LogP contribution in [0.5, 0.6) is 5.75 Å². The van der Waals surface area contributed by atoms with Crippen LogP contribution >= 0.6 is 15.9 Å². The van der Waals surface area contributed by atoms with E-state index in [1.165, 1.54) is 6.42 Å². The molecule has 10 nitrogen and oxygen atoms in total. The number of benzene rings is 2. The van der Waals surface area contributed by atoms with Crippen molar-refractivity contribution < 1.29 is 29.4 Å². The van der Waals surface area contributed by atoms with E-state index in [4.69, 9.17) is 9.57 Å². The van der Waals surface area contributed by atoms with Crippen LogP contribution in [0.3, 0.4) is 0 Å². The molecule has 2 aromatic rings. The van der Waals surface area contributed by atoms with E-state index in [1.807, 2.05) is 50.5 Å². The number of para-hydroxylation sites is 1. The number of rotatable bonds is 13. The van der Waals surface area contributed by atoms with Gasteiger partial charge in [0.25, 0.3) is 5.91 Å². The van der Waals surface area contributed by atoms with Crippen molar-refractivity contribution in [3.05, 3.63) is 52.0 Å². The first kappa shape index (κ1) is 40.6. The predicted molar refractivity (Wildman–Crippen MR) is 208 cm³/mol. The first-order chi connectivity index (χ1) is 24.3. The van der Waals surface area contributed by atoms with Crippen molar-refractivity contribution in [3.8, 4) is 16.9 Å². The van der Waals surface area contributed by atoms with E-state index in [0.29, 0.717) is 29.1 Å². The van der Waals surface area contributed by atoms with E-state index in [2.05, 4.69) is 73.0 Å². The van der Waals surface area contributed by atoms with Gasteiger partial charge in [0.05, 0.1) is 26.4 Å². The summed E-state index contributed by atoms with van der Waals surface area (Å²) in [7, 11) is 5.62. The molecule has 0 spiro atoms. The molecule has 0 radical (unpaired) electrons. The molecule has 2 aromatic carbocycles. The molecular formula is C41H61BrN4O6. The van der Waals surface area contributed by atoms with Gasteiger partial charge < -0.3 is 30.5 Å². The molecule has 1 heterocycles. The van der Waals surface area contributed by atoms with Crippen molar-refractivity contribution in [2.24, 2.45) is 34.5 Å². The Kier molecular flexibility index (Phi) is 12.5. The number of methoxy groups -OCH3 is 1. The minimum Gasteiger partial charge on any atom is -0.496 e. The van der Waals surface area contributed by atoms with Gasteiger partial charge >= 0.3 is 0 Å². The summed E-state index contributed by atoms with van der Waals surface area (Å²) in [5.74, 6) is 1.07. The van der Waals surface area contributed by atoms with Gasteiger partial charge in [-0.2, -0.15) is 5.06 Å². The molecule has 4 aliphatic rings. The maximum Gasteiger partial charge on any atom is 0.251 e. The summed E-state index contributed by atoms with van der Waals surface area (Å²) < 4.78 is 6.79. The number of hydrogen-bond donors (Lipinski definition) is 4. The second-order valence-electron chi connectivity index (χ2n) is 17.7. The standard InChI is InChI=1S/C41H61BrN4O6/c1-23-32-17-28(41(32,6)7)18-33(23)44-39(50)36-35(24(2)48)34(22-47)52-46(36)20-25-12-11-13-31(37(25)51-10)26-14-27(16-29(42)15-26)38(49)43-30(21-45(8)9)19-40(3,4)5/h11-16,23-24,28,30,32-36,47-48H,17-22H2,1-10H3,(H,43,49)(H,44,50)/t23-,24-,28+,30-,32-,33?,34-,35+,36-/m0/s1. The number of hydrogen-bond acceptors (Lipinski definition) is 8. The van der Waals surface area contributed by atoms with Gasteiger partial charge in [0.1, 0.15) is 17.9 Å². The highest BCUT2D eigenvalue weighted by molar-refractivity contribution is 9.10. The molecule has 0 aromatic heterocycles. The number of fused-ring (bicyclic) bond motifs is 2. The normalized spacial score (nSPS) is 28.2. The highest BCUT2D eigenvalue weighted by Crippen LogP contribution is 2.61. The van der Waals surface area contributed by atoms with Crippen molar-refractivity contribution in [1.82, 2.24) is 20.6 Å². The third-order valence-electron chi connectivity index (χ3n) is 11.9. The monoisotopic (exact) mass is 784 g/mol. The number of carbonyl (C=O) groups is 2. The molecule has 52 heavy (non-hydrogen) atoms. The number of hydroxylamine groups is 2. The van der Waals surface area contributed by atoms with Crippen LogP contribution in [0.2, 0.25) is 0 Å². The number of aliphatic hydroxyl groups is 2. The zero-order valence-corrected chi connectivity index (χ0v) is 34.3. The Balaban J connectivity index is 1.41. The lowest BCUT2D eigenvalue weighted by atomic mass is 9.45. The minimum atomic E-state index is -0.894. The number of nitrogens with one attached hydrogen (secondary N) is 2. The number of nitrogens with zero attached hydrogens (tertiary/aromatic N) is 2. The molecule has 1 saturated heterocycles. The first-order valence-electron chi connectivity index (χ1n) is 18.8. The van der Waals surface area contributed by atoms with E-state index >= 15 is 0 Å². The fourth-order valence-electron chi connectivity index (χ4n) is 9.32. The van der Waals surface area contributed by atoms with Gasteiger partial charge in [0.15, 0.2) is 0 Å². The summed E-state index contributed by atoms with van der Waals surface area (Å²) in [6.45, 7) is 15.6. The first-order valence-corrected chi connectivity index (χ1v) is 19.6. The van der Waals surface area contributed by atoms with Crippen LogP contribution in [0.25, 0.3) is 11.1 Å². The Morgan fingerprint density at radius 2 is 1.88 bits per heavy atom. The van der Waals surface area contributed by atoms with E-state index < -0.39 is 24.2 Å². The summed E-state index contributed by atoms with van der Waals surface area (Å²) in [6, 6.07) is 10.6. The number of halogens is 1. The van der Waals surface area contributed by atoms with Crippen LogP contribution in [0.1, 0.15) is 83.7 Å². The van der Waals surface area contributed by atoms with Crippen molar-refractivity contribution >= 4 is 27.7 Å². The zero-order chi connectivity index (χ0) is 38.3. The van der Waals surface area contributed by atoms with E-state index in [0.717, 1.165) is 40.5 Å². The van der Waals surface area contributed by atoms with E-state index in [1.54, 1.807) is 19.1 Å². The number of amides is 2. The molecule has 2 bridgehead atoms. The molecule has 4 N–H and O–H groups in total. The maximum atomic E-state index is 14.2. The maximum absolute atomic E-state index is 14.2. The minimum absolute atomic E-state index is 0.0273. The second kappa shape index (κ2) is 16.1. The van der Waals surface area contributed by atoms with Crippen LogP contribution in [-0.2, 0) is 16.2 Å². The summed E-state index contributed by atoms with van der Waals surface area (Å²) in [6.07, 6.45) is 1.33. The zero-order valence-electron chi connectivity index (χ0n) is 32.7. The molecule has 11 heteroatoms. The molecule has 3 aliphatic carbocycles. The van der Waals surface area contributed by atoms with Crippen LogP contribution < -0.4 is 15.4 Å². The number of ether oxygens (including phenoxy) is 1. The highest BCUT2D eigenvalue weighted by atomic mass is 79.9. The molecule has 1 unspecified atom stereocenters. The van der Waals surface area contributed by atoms with Crippen LogP contribution in [0.4, 0.5) is 0 Å². The average Bonchev–Trinajstić information content (AvgIpc) is 3.42. The Morgan fingerprint density at radius 3 is 2.46 bits per heavy atom. The second-order valence-corrected chi connectivity index (χ2v) is 18.6. The SMILES string of the molecule is COc1c(CN2O[C@@H](CO)[C@@H]([C@H](C)O)[C@H]2C(=O)NC2C[C@H]3C[C@@H]([C@@H]2C)C3(C)C)cccc1-c1cc(Br)cc(C(=O)N[C@H](CN(C)C)CC(C)(C)C)c1. The lowest BCUT2D eigenvalue weighted by Crippen LogP contribution is -2.62. The fourth-order valence-corrected chi connectivity index (χ4v) is 9.81. The number of likely N-dealkylation sites (N-methyl/N-ethyl adjacent to an activating group) is 1. The van der Waals surface area contributed by atoms with E-state index in [-0.39, 0.29) is 47.9 Å². The molecule has 4 fully saturated rings. The summed E-state index contributed by atoms with van der Waals surface area (Å²) in [5, 5.41) is 29.4. The third-order valence-corrected chi connectivity index (χ3v) is 12.4. The lowest BCUT2D eigenvalue weighted by molar-refractivity contribution is -0.183. The Morgan fingerprint density at radius 1 is 1.17 bits per heavy atom. The number of carbonyl (C=O) groups excluding carboxylic acids is 2. The molecule has 1 aliphatic heterocycles. The highest BCUT2D eigenvalue weighted by Gasteiger charge is 2.57. The third kappa shape index (κ3) is 8.71. The summed E-state index contributed by atoms with van der Waals surface area (Å²) >= 11 is 3.64. The Labute approximate surface area is 319 Å². The lowest BCUT2D eigenvalue weighted by Gasteiger charge is -2.62. The van der Waals surface area contributed by atoms with E-state index in [9.17, 15) is 19.8 Å². The fraction of sp³-hybridized carbons (Fsp3) is 0.659. The van der Waals surface area contributed by atoms with Gasteiger partial charge in [0.2, 0.25) is 5.91 Å². The van der Waals surface area contributed by atoms with Crippen molar-refractivity contribution in [2.75, 3.05) is 34.4 Å². The van der Waals surface area contributed by atoms with Crippen LogP contribution in [0, 0.1) is 34.5 Å². The Hall–Kier alpha value is -2.54. The molecule has 9 atom stereocenters. The van der Waals surface area contributed by atoms with Crippen LogP contribution in [0.15, 0.2) is 40.9 Å². The molecule has 288 valence electrons. The largest absolute Gasteiger partial charge is 0.496 e. The number of aliphatic hydroxyl groups excluding tert-OH is 2. The average molecular weight is 786 g/mol. The quantitative estimate of drug-likeness (QED) is 0.199. The summed E-state index contributed by atoms with van der Waals surface area (Å²) in [5.41, 5.74) is 3.18. The van der Waals surface area contributed by atoms with Crippen LogP contribution in [-0.4, -0.2) is 96.7 Å². The van der Waals surface area contributed by atoms with Gasteiger partial charge in [0, 0.05) is 45.7 Å². The van der Waals surface area contributed by atoms with Gasteiger partial charge in [-0.05, 0) is 92.6 Å². The molecule has 3 saturated carbocycles. The van der Waals surface area contributed by atoms with Crippen molar-refractivity contribution in [3.63, 3.8) is 0 Å². The van der Waals surface area contributed by atoms with Gasteiger partial charge in [-0.1, -0.05) is 75.7 Å². The van der Waals surface area contributed by atoms with Gasteiger partial charge in [-0.25, -0.2) is 0 Å². The summed E-state index contributed by atoms with van der Waals surface area (Å²) in [4.78, 5) is 36.2.